The summed E-state index contributed by atoms with van der Waals surface area (Å²) >= 11 is 8.89. The number of nitrogens with one attached hydrogen (secondary N) is 1. The van der Waals surface area contributed by atoms with Gasteiger partial charge in [-0.3, -0.25) is 0 Å². The van der Waals surface area contributed by atoms with Crippen LogP contribution >= 0.6 is 34.3 Å². The molecule has 2 aromatic rings. The highest BCUT2D eigenvalue weighted by Crippen LogP contribution is 2.32. The van der Waals surface area contributed by atoms with Crippen LogP contribution in [0.4, 0.5) is 5.13 Å². The molecule has 18 heavy (non-hydrogen) atoms. The average molecular weight is 298 g/mol. The highest BCUT2D eigenvalue weighted by atomic mass is 35.5. The minimum Gasteiger partial charge on any atom is -0.354 e. The molecule has 0 aromatic carbocycles. The molecule has 2 aromatic heterocycles. The number of hydrogen-bond donors (Lipinski definition) is 1. The van der Waals surface area contributed by atoms with E-state index in [1.165, 1.54) is 16.2 Å². The Labute approximate surface area is 119 Å². The van der Waals surface area contributed by atoms with Gasteiger partial charge in [-0.05, 0) is 17.9 Å². The maximum absolute atomic E-state index is 8.86. The van der Waals surface area contributed by atoms with Crippen LogP contribution in [-0.4, -0.2) is 4.98 Å². The highest BCUT2D eigenvalue weighted by Gasteiger charge is 2.15. The van der Waals surface area contributed by atoms with Gasteiger partial charge in [-0.2, -0.15) is 5.26 Å². The van der Waals surface area contributed by atoms with Gasteiger partial charge in [-0.15, -0.1) is 11.3 Å². The van der Waals surface area contributed by atoms with Crippen LogP contribution < -0.4 is 5.32 Å². The monoisotopic (exact) mass is 297 g/mol. The van der Waals surface area contributed by atoms with Crippen LogP contribution in [0.15, 0.2) is 17.5 Å². The second-order valence-electron chi connectivity index (χ2n) is 3.75. The summed E-state index contributed by atoms with van der Waals surface area (Å²) in [5, 5.41) is 15.3. The van der Waals surface area contributed by atoms with Gasteiger partial charge in [0.1, 0.15) is 10.9 Å². The maximum Gasteiger partial charge on any atom is 0.185 e. The smallest absolute Gasteiger partial charge is 0.185 e. The zero-order valence-electron chi connectivity index (χ0n) is 9.81. The lowest BCUT2D eigenvalue weighted by molar-refractivity contribution is 0.687. The first-order valence-electron chi connectivity index (χ1n) is 5.61. The molecule has 0 saturated carbocycles. The molecule has 1 N–H and O–H groups in total. The molecule has 0 radical (unpaired) electrons. The Kier molecular flexibility index (Phi) is 4.59. The van der Waals surface area contributed by atoms with Gasteiger partial charge in [-0.1, -0.05) is 42.3 Å². The Balaban J connectivity index is 2.16. The van der Waals surface area contributed by atoms with Crippen molar-refractivity contribution in [2.45, 2.75) is 25.8 Å². The lowest BCUT2D eigenvalue weighted by Crippen LogP contribution is -2.08. The quantitative estimate of drug-likeness (QED) is 0.871. The summed E-state index contributed by atoms with van der Waals surface area (Å²) in [4.78, 5) is 5.91. The first-order chi connectivity index (χ1) is 8.74. The van der Waals surface area contributed by atoms with Gasteiger partial charge >= 0.3 is 0 Å². The fourth-order valence-electron chi connectivity index (χ4n) is 1.65. The van der Waals surface area contributed by atoms with E-state index in [1.54, 1.807) is 11.3 Å². The molecule has 2 heterocycles. The Hall–Kier alpha value is -1.09. The summed E-state index contributed by atoms with van der Waals surface area (Å²) in [6, 6.07) is 6.43. The summed E-state index contributed by atoms with van der Waals surface area (Å²) in [5.41, 5.74) is 0. The largest absolute Gasteiger partial charge is 0.354 e. The van der Waals surface area contributed by atoms with E-state index in [4.69, 9.17) is 16.9 Å². The van der Waals surface area contributed by atoms with E-state index in [2.05, 4.69) is 28.7 Å². The molecule has 1 atom stereocenters. The van der Waals surface area contributed by atoms with Crippen LogP contribution in [-0.2, 0) is 0 Å². The molecule has 0 amide bonds. The summed E-state index contributed by atoms with van der Waals surface area (Å²) in [6.45, 7) is 2.15. The predicted octanol–water partition coefficient (Wildman–Crippen LogP) is 4.68. The van der Waals surface area contributed by atoms with E-state index in [9.17, 15) is 0 Å². The molecule has 0 spiro atoms. The SMILES string of the molecule is CCCC(Nc1nc(Cl)c(C#N)s1)c1cccs1. The lowest BCUT2D eigenvalue weighted by Gasteiger charge is -2.15. The van der Waals surface area contributed by atoms with Gasteiger partial charge in [0.2, 0.25) is 0 Å². The molecule has 0 aliphatic carbocycles. The van der Waals surface area contributed by atoms with Gasteiger partial charge in [0, 0.05) is 4.88 Å². The number of thiazole rings is 1. The predicted molar refractivity (Wildman–Crippen MR) is 77.4 cm³/mol. The Morgan fingerprint density at radius 1 is 1.61 bits per heavy atom. The van der Waals surface area contributed by atoms with Crippen LogP contribution in [0.25, 0.3) is 0 Å². The Morgan fingerprint density at radius 2 is 2.44 bits per heavy atom. The molecule has 0 aliphatic rings. The van der Waals surface area contributed by atoms with Crippen molar-refractivity contribution in [3.63, 3.8) is 0 Å². The van der Waals surface area contributed by atoms with Crippen LogP contribution in [0.2, 0.25) is 5.15 Å². The van der Waals surface area contributed by atoms with Gasteiger partial charge in [0.05, 0.1) is 6.04 Å². The van der Waals surface area contributed by atoms with Crippen molar-refractivity contribution < 1.29 is 0 Å². The summed E-state index contributed by atoms with van der Waals surface area (Å²) in [6.07, 6.45) is 2.11. The Morgan fingerprint density at radius 3 is 3.00 bits per heavy atom. The van der Waals surface area contributed by atoms with E-state index >= 15 is 0 Å². The van der Waals surface area contributed by atoms with E-state index in [-0.39, 0.29) is 11.2 Å². The van der Waals surface area contributed by atoms with Crippen molar-refractivity contribution in [3.8, 4) is 6.07 Å². The summed E-state index contributed by atoms with van der Waals surface area (Å²) in [5.74, 6) is 0. The van der Waals surface area contributed by atoms with E-state index in [0.29, 0.717) is 10.0 Å². The summed E-state index contributed by atoms with van der Waals surface area (Å²) in [7, 11) is 0. The second-order valence-corrected chi connectivity index (χ2v) is 6.09. The third kappa shape index (κ3) is 3.02. The van der Waals surface area contributed by atoms with Gasteiger partial charge < -0.3 is 5.32 Å². The van der Waals surface area contributed by atoms with Crippen molar-refractivity contribution in [2.75, 3.05) is 5.32 Å². The first-order valence-corrected chi connectivity index (χ1v) is 7.68. The molecule has 0 saturated heterocycles. The van der Waals surface area contributed by atoms with E-state index in [1.807, 2.05) is 12.1 Å². The van der Waals surface area contributed by atoms with Gasteiger partial charge in [0.25, 0.3) is 0 Å². The number of thiophene rings is 1. The van der Waals surface area contributed by atoms with Crippen LogP contribution in [0, 0.1) is 11.3 Å². The minimum atomic E-state index is 0.240. The number of aromatic nitrogens is 1. The number of nitriles is 1. The molecule has 0 aliphatic heterocycles. The maximum atomic E-state index is 8.86. The van der Waals surface area contributed by atoms with Crippen LogP contribution in [0.5, 0.6) is 0 Å². The van der Waals surface area contributed by atoms with Crippen molar-refractivity contribution in [1.82, 2.24) is 4.98 Å². The topological polar surface area (TPSA) is 48.7 Å². The molecule has 6 heteroatoms. The third-order valence-corrected chi connectivity index (χ3v) is 4.71. The normalized spacial score (nSPS) is 12.1. The van der Waals surface area contributed by atoms with E-state index < -0.39 is 0 Å². The standard InChI is InChI=1S/C12H12ClN3S2/c1-2-4-8(9-5-3-6-17-9)15-12-16-11(13)10(7-14)18-12/h3,5-6,8H,2,4H2,1H3,(H,15,16). The zero-order chi connectivity index (χ0) is 13.0. The average Bonchev–Trinajstić information content (AvgIpc) is 2.98. The second kappa shape index (κ2) is 6.19. The molecular weight excluding hydrogens is 286 g/mol. The molecule has 94 valence electrons. The molecule has 2 rings (SSSR count). The van der Waals surface area contributed by atoms with Gasteiger partial charge in [-0.25, -0.2) is 4.98 Å². The highest BCUT2D eigenvalue weighted by molar-refractivity contribution is 7.16. The third-order valence-electron chi connectivity index (χ3n) is 2.45. The molecule has 0 bridgehead atoms. The van der Waals surface area contributed by atoms with Crippen molar-refractivity contribution in [1.29, 1.82) is 5.26 Å². The number of anilines is 1. The Bertz CT molecular complexity index is 542. The molecule has 3 nitrogen and oxygen atoms in total. The fourth-order valence-corrected chi connectivity index (χ4v) is 3.46. The number of halogens is 1. The van der Waals surface area contributed by atoms with Crippen molar-refractivity contribution in [3.05, 3.63) is 32.4 Å². The number of hydrogen-bond acceptors (Lipinski definition) is 5. The number of rotatable bonds is 5. The zero-order valence-corrected chi connectivity index (χ0v) is 12.2. The molecule has 1 unspecified atom stereocenters. The van der Waals surface area contributed by atoms with Crippen molar-refractivity contribution in [2.24, 2.45) is 0 Å². The molecule has 0 fully saturated rings. The molecular formula is C12H12ClN3S2. The van der Waals surface area contributed by atoms with Gasteiger partial charge in [0.15, 0.2) is 10.3 Å². The lowest BCUT2D eigenvalue weighted by atomic mass is 10.1. The first kappa shape index (κ1) is 13.3. The minimum absolute atomic E-state index is 0.240. The summed E-state index contributed by atoms with van der Waals surface area (Å²) < 4.78 is 0. The van der Waals surface area contributed by atoms with Crippen LogP contribution in [0.1, 0.15) is 35.6 Å². The fraction of sp³-hybridized carbons (Fsp3) is 0.333. The number of nitrogens with zero attached hydrogens (tertiary/aromatic N) is 2. The van der Waals surface area contributed by atoms with Crippen molar-refractivity contribution >= 4 is 39.4 Å². The van der Waals surface area contributed by atoms with E-state index in [0.717, 1.165) is 12.8 Å². The van der Waals surface area contributed by atoms with Crippen LogP contribution in [0.3, 0.4) is 0 Å².